The van der Waals surface area contributed by atoms with Gasteiger partial charge in [0.15, 0.2) is 0 Å². The van der Waals surface area contributed by atoms with Crippen molar-refractivity contribution < 1.29 is 4.79 Å². The molecule has 5 aromatic rings. The second-order valence-electron chi connectivity index (χ2n) is 11.4. The Morgan fingerprint density at radius 2 is 1.57 bits per heavy atom. The van der Waals surface area contributed by atoms with E-state index in [0.717, 1.165) is 64.1 Å². The summed E-state index contributed by atoms with van der Waals surface area (Å²) in [7, 11) is 0. The van der Waals surface area contributed by atoms with E-state index in [4.69, 9.17) is 16.6 Å². The van der Waals surface area contributed by atoms with Gasteiger partial charge in [0.25, 0.3) is 0 Å². The number of imidazole rings is 1. The number of aryl methyl sites for hydroxylation is 1. The molecule has 2 amide bonds. The summed E-state index contributed by atoms with van der Waals surface area (Å²) in [5.41, 5.74) is 9.46. The number of fused-ring (bicyclic) bond motifs is 1. The van der Waals surface area contributed by atoms with Gasteiger partial charge in [0.05, 0.1) is 11.4 Å². The zero-order chi connectivity index (χ0) is 29.2. The molecule has 3 aromatic carbocycles. The number of nitrogens with zero attached hydrogens (tertiary/aromatic N) is 4. The number of amides is 2. The zero-order valence-corrected chi connectivity index (χ0v) is 25.1. The SMILES string of the molecule is Cc1ccc(-c2nc3ccc(-c4ccccc4Cl)cn3c2CN2CCN(C(=O)Nc3ccc(C(C)C)cc3)CC2)cc1. The van der Waals surface area contributed by atoms with Crippen LogP contribution in [0.25, 0.3) is 28.0 Å². The van der Waals surface area contributed by atoms with Gasteiger partial charge in [0.1, 0.15) is 5.65 Å². The molecule has 7 heteroatoms. The number of anilines is 1. The first-order valence-electron chi connectivity index (χ1n) is 14.6. The quantitative estimate of drug-likeness (QED) is 0.222. The summed E-state index contributed by atoms with van der Waals surface area (Å²) in [5.74, 6) is 0.463. The lowest BCUT2D eigenvalue weighted by Crippen LogP contribution is -2.49. The lowest BCUT2D eigenvalue weighted by Gasteiger charge is -2.34. The number of hydrogen-bond acceptors (Lipinski definition) is 3. The van der Waals surface area contributed by atoms with Gasteiger partial charge < -0.3 is 14.6 Å². The van der Waals surface area contributed by atoms with Crippen LogP contribution in [0, 0.1) is 6.92 Å². The van der Waals surface area contributed by atoms with Crippen molar-refractivity contribution in [1.82, 2.24) is 19.2 Å². The third-order valence-corrected chi connectivity index (χ3v) is 8.42. The Morgan fingerprint density at radius 3 is 2.26 bits per heavy atom. The Kier molecular flexibility index (Phi) is 8.00. The first-order chi connectivity index (χ1) is 20.4. The Bertz CT molecular complexity index is 1700. The van der Waals surface area contributed by atoms with Crippen LogP contribution < -0.4 is 5.32 Å². The molecule has 2 aromatic heterocycles. The van der Waals surface area contributed by atoms with E-state index in [1.165, 1.54) is 11.1 Å². The van der Waals surface area contributed by atoms with Crippen LogP contribution in [0.15, 0.2) is 91.1 Å². The average Bonchev–Trinajstić information content (AvgIpc) is 3.35. The van der Waals surface area contributed by atoms with Gasteiger partial charge in [0.2, 0.25) is 0 Å². The van der Waals surface area contributed by atoms with Crippen LogP contribution in [0.5, 0.6) is 0 Å². The summed E-state index contributed by atoms with van der Waals surface area (Å²) >= 11 is 6.56. The molecular formula is C35H36ClN5O. The molecule has 6 rings (SSSR count). The minimum absolute atomic E-state index is 0.0496. The van der Waals surface area contributed by atoms with Gasteiger partial charge in [-0.25, -0.2) is 9.78 Å². The lowest BCUT2D eigenvalue weighted by molar-refractivity contribution is 0.142. The maximum atomic E-state index is 13.0. The molecule has 0 saturated carbocycles. The smallest absolute Gasteiger partial charge is 0.321 e. The molecule has 0 unspecified atom stereocenters. The Morgan fingerprint density at radius 1 is 0.881 bits per heavy atom. The van der Waals surface area contributed by atoms with Gasteiger partial charge in [-0.1, -0.05) is 85.6 Å². The zero-order valence-electron chi connectivity index (χ0n) is 24.3. The number of nitrogens with one attached hydrogen (secondary N) is 1. The molecule has 214 valence electrons. The molecule has 3 heterocycles. The first kappa shape index (κ1) is 28.0. The van der Waals surface area contributed by atoms with Crippen molar-refractivity contribution in [2.24, 2.45) is 0 Å². The van der Waals surface area contributed by atoms with E-state index in [9.17, 15) is 4.79 Å². The van der Waals surface area contributed by atoms with Crippen molar-refractivity contribution >= 4 is 29.0 Å². The average molecular weight is 578 g/mol. The van der Waals surface area contributed by atoms with Gasteiger partial charge >= 0.3 is 6.03 Å². The van der Waals surface area contributed by atoms with Crippen LogP contribution in [0.4, 0.5) is 10.5 Å². The third-order valence-electron chi connectivity index (χ3n) is 8.09. The molecule has 0 atom stereocenters. The van der Waals surface area contributed by atoms with Crippen molar-refractivity contribution in [3.05, 3.63) is 113 Å². The van der Waals surface area contributed by atoms with Crippen LogP contribution in [-0.4, -0.2) is 51.4 Å². The molecule has 0 radical (unpaired) electrons. The molecule has 1 N–H and O–H groups in total. The highest BCUT2D eigenvalue weighted by atomic mass is 35.5. The summed E-state index contributed by atoms with van der Waals surface area (Å²) in [6, 6.07) is 28.7. The molecule has 1 saturated heterocycles. The molecule has 0 spiro atoms. The normalized spacial score (nSPS) is 14.1. The second kappa shape index (κ2) is 12.0. The largest absolute Gasteiger partial charge is 0.322 e. The molecular weight excluding hydrogens is 542 g/mol. The minimum Gasteiger partial charge on any atom is -0.322 e. The van der Waals surface area contributed by atoms with Gasteiger partial charge in [-0.3, -0.25) is 4.90 Å². The molecule has 6 nitrogen and oxygen atoms in total. The number of halogens is 1. The second-order valence-corrected chi connectivity index (χ2v) is 11.8. The van der Waals surface area contributed by atoms with Crippen molar-refractivity contribution in [3.8, 4) is 22.4 Å². The highest BCUT2D eigenvalue weighted by Crippen LogP contribution is 2.31. The van der Waals surface area contributed by atoms with Crippen molar-refractivity contribution in [2.45, 2.75) is 33.2 Å². The highest BCUT2D eigenvalue weighted by molar-refractivity contribution is 6.33. The summed E-state index contributed by atoms with van der Waals surface area (Å²) in [5, 5.41) is 3.79. The van der Waals surface area contributed by atoms with E-state index in [0.29, 0.717) is 19.0 Å². The Balaban J connectivity index is 1.22. The number of hydrogen-bond donors (Lipinski definition) is 1. The summed E-state index contributed by atoms with van der Waals surface area (Å²) < 4.78 is 2.20. The number of carbonyl (C=O) groups is 1. The summed E-state index contributed by atoms with van der Waals surface area (Å²) in [6.07, 6.45) is 2.14. The highest BCUT2D eigenvalue weighted by Gasteiger charge is 2.24. The fourth-order valence-corrected chi connectivity index (χ4v) is 5.76. The molecule has 0 aliphatic carbocycles. The van der Waals surface area contributed by atoms with Crippen molar-refractivity contribution in [2.75, 3.05) is 31.5 Å². The Hall–Kier alpha value is -4.13. The van der Waals surface area contributed by atoms with E-state index in [1.807, 2.05) is 41.3 Å². The topological polar surface area (TPSA) is 52.9 Å². The molecule has 0 bridgehead atoms. The predicted molar refractivity (Wildman–Crippen MR) is 172 cm³/mol. The fourth-order valence-electron chi connectivity index (χ4n) is 5.52. The monoisotopic (exact) mass is 577 g/mol. The number of pyridine rings is 1. The number of carbonyl (C=O) groups excluding carboxylic acids is 1. The van der Waals surface area contributed by atoms with E-state index < -0.39 is 0 Å². The predicted octanol–water partition coefficient (Wildman–Crippen LogP) is 8.10. The fraction of sp³-hybridized carbons (Fsp3) is 0.257. The van der Waals surface area contributed by atoms with Gasteiger partial charge in [0, 0.05) is 60.8 Å². The van der Waals surface area contributed by atoms with Gasteiger partial charge in [-0.15, -0.1) is 0 Å². The maximum absolute atomic E-state index is 13.0. The molecule has 1 aliphatic heterocycles. The van der Waals surface area contributed by atoms with Crippen LogP contribution in [0.1, 0.15) is 36.6 Å². The van der Waals surface area contributed by atoms with Gasteiger partial charge in [-0.2, -0.15) is 0 Å². The molecule has 1 fully saturated rings. The number of benzene rings is 3. The minimum atomic E-state index is -0.0496. The molecule has 1 aliphatic rings. The lowest BCUT2D eigenvalue weighted by atomic mass is 10.0. The van der Waals surface area contributed by atoms with Crippen LogP contribution in [-0.2, 0) is 6.54 Å². The summed E-state index contributed by atoms with van der Waals surface area (Å²) in [4.78, 5) is 22.4. The third kappa shape index (κ3) is 5.91. The van der Waals surface area contributed by atoms with E-state index in [-0.39, 0.29) is 6.03 Å². The van der Waals surface area contributed by atoms with Gasteiger partial charge in [-0.05, 0) is 54.3 Å². The van der Waals surface area contributed by atoms with Crippen LogP contribution >= 0.6 is 11.6 Å². The Labute approximate surface area is 252 Å². The summed E-state index contributed by atoms with van der Waals surface area (Å²) in [6.45, 7) is 10.1. The number of rotatable bonds is 6. The van der Waals surface area contributed by atoms with Crippen LogP contribution in [0.3, 0.4) is 0 Å². The standard InChI is InChI=1S/C35H36ClN5O/c1-24(2)26-12-15-29(16-13-26)37-35(42)40-20-18-39(19-21-40)23-32-34(27-10-8-25(3)9-11-27)38-33-17-14-28(22-41(32)33)30-6-4-5-7-31(30)36/h4-17,22,24H,18-21,23H2,1-3H3,(H,37,42). The van der Waals surface area contributed by atoms with Crippen molar-refractivity contribution in [3.63, 3.8) is 0 Å². The first-order valence-corrected chi connectivity index (χ1v) is 14.9. The number of urea groups is 1. The van der Waals surface area contributed by atoms with E-state index in [1.54, 1.807) is 0 Å². The van der Waals surface area contributed by atoms with Crippen LogP contribution in [0.2, 0.25) is 5.02 Å². The van der Waals surface area contributed by atoms with E-state index >= 15 is 0 Å². The maximum Gasteiger partial charge on any atom is 0.321 e. The van der Waals surface area contributed by atoms with Crippen molar-refractivity contribution in [1.29, 1.82) is 0 Å². The van der Waals surface area contributed by atoms with E-state index in [2.05, 4.69) is 90.1 Å². The molecule has 42 heavy (non-hydrogen) atoms. The number of aromatic nitrogens is 2. The number of piperazine rings is 1.